The number of rotatable bonds is 4. The SMILES string of the molecule is COc1ccc2c(c1)CC[C@H]([C@@H]1CCC(=O)[C@]1(C)CC=O)C2=O. The van der Waals surface area contributed by atoms with E-state index in [4.69, 9.17) is 4.74 Å². The molecular formula is C19H22O4. The van der Waals surface area contributed by atoms with Crippen LogP contribution in [-0.4, -0.2) is 25.0 Å². The molecule has 3 rings (SSSR count). The molecule has 0 spiro atoms. The van der Waals surface area contributed by atoms with E-state index in [1.165, 1.54) is 0 Å². The first-order chi connectivity index (χ1) is 11.0. The number of aryl methyl sites for hydroxylation is 1. The molecule has 1 aromatic rings. The molecule has 4 nitrogen and oxygen atoms in total. The molecule has 1 saturated carbocycles. The quantitative estimate of drug-likeness (QED) is 0.802. The number of fused-ring (bicyclic) bond motifs is 1. The van der Waals surface area contributed by atoms with E-state index < -0.39 is 5.41 Å². The maximum absolute atomic E-state index is 13.0. The molecule has 0 aliphatic heterocycles. The van der Waals surface area contributed by atoms with Gasteiger partial charge in [-0.05, 0) is 48.9 Å². The number of benzene rings is 1. The lowest BCUT2D eigenvalue weighted by Crippen LogP contribution is -2.39. The first-order valence-electron chi connectivity index (χ1n) is 8.19. The monoisotopic (exact) mass is 314 g/mol. The fourth-order valence-electron chi connectivity index (χ4n) is 4.35. The Morgan fingerprint density at radius 2 is 2.04 bits per heavy atom. The van der Waals surface area contributed by atoms with Crippen LogP contribution in [0, 0.1) is 17.3 Å². The molecular weight excluding hydrogens is 292 g/mol. The van der Waals surface area contributed by atoms with Gasteiger partial charge in [0.05, 0.1) is 7.11 Å². The minimum atomic E-state index is -0.675. The van der Waals surface area contributed by atoms with Gasteiger partial charge in [-0.2, -0.15) is 0 Å². The molecule has 0 unspecified atom stereocenters. The largest absolute Gasteiger partial charge is 0.497 e. The molecule has 2 aliphatic rings. The van der Waals surface area contributed by atoms with Crippen LogP contribution >= 0.6 is 0 Å². The highest BCUT2D eigenvalue weighted by Gasteiger charge is 2.51. The van der Waals surface area contributed by atoms with E-state index in [2.05, 4.69) is 0 Å². The van der Waals surface area contributed by atoms with E-state index in [0.717, 1.165) is 36.0 Å². The Hall–Kier alpha value is -1.97. The molecule has 2 aliphatic carbocycles. The standard InChI is InChI=1S/C19H22O4/c1-19(9-10-20)16(7-8-17(19)21)15-5-3-12-11-13(23-2)4-6-14(12)18(15)22/h4,6,10-11,15-16H,3,5,7-9H2,1-2H3/t15-,16+,19-/m1/s1. The van der Waals surface area contributed by atoms with Crippen LogP contribution in [0.25, 0.3) is 0 Å². The van der Waals surface area contributed by atoms with Crippen molar-refractivity contribution < 1.29 is 19.1 Å². The summed E-state index contributed by atoms with van der Waals surface area (Å²) in [7, 11) is 1.62. The van der Waals surface area contributed by atoms with Crippen LogP contribution in [0.15, 0.2) is 18.2 Å². The van der Waals surface area contributed by atoms with Crippen LogP contribution in [0.2, 0.25) is 0 Å². The minimum Gasteiger partial charge on any atom is -0.497 e. The highest BCUT2D eigenvalue weighted by atomic mass is 16.5. The van der Waals surface area contributed by atoms with Crippen molar-refractivity contribution in [3.05, 3.63) is 29.3 Å². The highest BCUT2D eigenvalue weighted by molar-refractivity contribution is 6.01. The number of carbonyl (C=O) groups is 3. The van der Waals surface area contributed by atoms with Gasteiger partial charge in [0.15, 0.2) is 5.78 Å². The first kappa shape index (κ1) is 15.9. The van der Waals surface area contributed by atoms with Gasteiger partial charge in [0.1, 0.15) is 17.8 Å². The van der Waals surface area contributed by atoms with Gasteiger partial charge < -0.3 is 9.53 Å². The summed E-state index contributed by atoms with van der Waals surface area (Å²) in [5, 5.41) is 0. The second kappa shape index (κ2) is 5.91. The lowest BCUT2D eigenvalue weighted by molar-refractivity contribution is -0.129. The number of aldehydes is 1. The fourth-order valence-corrected chi connectivity index (χ4v) is 4.35. The second-order valence-corrected chi connectivity index (χ2v) is 6.89. The Morgan fingerprint density at radius 3 is 2.74 bits per heavy atom. The second-order valence-electron chi connectivity index (χ2n) is 6.89. The third-order valence-electron chi connectivity index (χ3n) is 5.77. The van der Waals surface area contributed by atoms with Gasteiger partial charge in [0, 0.05) is 29.7 Å². The Labute approximate surface area is 136 Å². The van der Waals surface area contributed by atoms with Gasteiger partial charge in [-0.15, -0.1) is 0 Å². The smallest absolute Gasteiger partial charge is 0.166 e. The summed E-state index contributed by atoms with van der Waals surface area (Å²) < 4.78 is 5.23. The number of carbonyl (C=O) groups excluding carboxylic acids is 3. The summed E-state index contributed by atoms with van der Waals surface area (Å²) in [5.41, 5.74) is 1.09. The zero-order valence-electron chi connectivity index (χ0n) is 13.6. The van der Waals surface area contributed by atoms with Crippen LogP contribution in [0.4, 0.5) is 0 Å². The van der Waals surface area contributed by atoms with Crippen molar-refractivity contribution in [3.8, 4) is 5.75 Å². The molecule has 0 N–H and O–H groups in total. The van der Waals surface area contributed by atoms with Crippen molar-refractivity contribution in [2.75, 3.05) is 7.11 Å². The fraction of sp³-hybridized carbons (Fsp3) is 0.526. The molecule has 0 saturated heterocycles. The molecule has 4 heteroatoms. The van der Waals surface area contributed by atoms with E-state index in [-0.39, 0.29) is 29.8 Å². The summed E-state index contributed by atoms with van der Waals surface area (Å²) in [4.78, 5) is 36.3. The number of methoxy groups -OCH3 is 1. The van der Waals surface area contributed by atoms with Crippen LogP contribution < -0.4 is 4.74 Å². The number of ketones is 2. The van der Waals surface area contributed by atoms with E-state index >= 15 is 0 Å². The Balaban J connectivity index is 1.91. The van der Waals surface area contributed by atoms with Crippen molar-refractivity contribution in [2.45, 2.75) is 39.0 Å². The van der Waals surface area contributed by atoms with Crippen molar-refractivity contribution in [1.82, 2.24) is 0 Å². The Morgan fingerprint density at radius 1 is 1.26 bits per heavy atom. The lowest BCUT2D eigenvalue weighted by Gasteiger charge is -2.36. The molecule has 1 fully saturated rings. The normalized spacial score (nSPS) is 30.2. The van der Waals surface area contributed by atoms with Gasteiger partial charge in [0.25, 0.3) is 0 Å². The van der Waals surface area contributed by atoms with Crippen molar-refractivity contribution in [1.29, 1.82) is 0 Å². The van der Waals surface area contributed by atoms with E-state index in [1.54, 1.807) is 7.11 Å². The Bertz CT molecular complexity index is 663. The highest BCUT2D eigenvalue weighted by Crippen LogP contribution is 2.49. The average molecular weight is 314 g/mol. The molecule has 3 atom stereocenters. The van der Waals surface area contributed by atoms with Crippen molar-refractivity contribution >= 4 is 17.9 Å². The molecule has 0 heterocycles. The topological polar surface area (TPSA) is 60.4 Å². The van der Waals surface area contributed by atoms with Crippen molar-refractivity contribution in [2.24, 2.45) is 17.3 Å². The van der Waals surface area contributed by atoms with Crippen LogP contribution in [-0.2, 0) is 16.0 Å². The summed E-state index contributed by atoms with van der Waals surface area (Å²) in [6.45, 7) is 1.86. The number of ether oxygens (including phenoxy) is 1. The number of hydrogen-bond donors (Lipinski definition) is 0. The number of hydrogen-bond acceptors (Lipinski definition) is 4. The molecule has 0 bridgehead atoms. The van der Waals surface area contributed by atoms with Gasteiger partial charge in [-0.3, -0.25) is 9.59 Å². The van der Waals surface area contributed by atoms with Gasteiger partial charge in [-0.1, -0.05) is 6.92 Å². The van der Waals surface area contributed by atoms with Crippen LogP contribution in [0.1, 0.15) is 48.5 Å². The summed E-state index contributed by atoms with van der Waals surface area (Å²) in [6, 6.07) is 5.56. The minimum absolute atomic E-state index is 0.0250. The third-order valence-corrected chi connectivity index (χ3v) is 5.77. The summed E-state index contributed by atoms with van der Waals surface area (Å²) in [6.07, 6.45) is 3.79. The maximum Gasteiger partial charge on any atom is 0.166 e. The third kappa shape index (κ3) is 2.50. The van der Waals surface area contributed by atoms with Crippen LogP contribution in [0.3, 0.4) is 0 Å². The Kier molecular flexibility index (Phi) is 4.09. The predicted octanol–water partition coefficient (Wildman–Crippen LogP) is 3.01. The maximum atomic E-state index is 13.0. The van der Waals surface area contributed by atoms with E-state index in [0.29, 0.717) is 12.8 Å². The van der Waals surface area contributed by atoms with Gasteiger partial charge in [-0.25, -0.2) is 0 Å². The van der Waals surface area contributed by atoms with Gasteiger partial charge >= 0.3 is 0 Å². The molecule has 0 radical (unpaired) electrons. The van der Waals surface area contributed by atoms with Crippen molar-refractivity contribution in [3.63, 3.8) is 0 Å². The summed E-state index contributed by atoms with van der Waals surface area (Å²) >= 11 is 0. The molecule has 0 amide bonds. The zero-order valence-corrected chi connectivity index (χ0v) is 13.6. The lowest BCUT2D eigenvalue weighted by atomic mass is 9.65. The predicted molar refractivity (Wildman–Crippen MR) is 85.7 cm³/mol. The molecule has 0 aromatic heterocycles. The zero-order chi connectivity index (χ0) is 16.6. The van der Waals surface area contributed by atoms with E-state index in [1.807, 2.05) is 25.1 Å². The first-order valence-corrected chi connectivity index (χ1v) is 8.19. The van der Waals surface area contributed by atoms with Crippen LogP contribution in [0.5, 0.6) is 5.75 Å². The molecule has 1 aromatic carbocycles. The average Bonchev–Trinajstić information content (AvgIpc) is 2.83. The molecule has 122 valence electrons. The van der Waals surface area contributed by atoms with Gasteiger partial charge in [0.2, 0.25) is 0 Å². The summed E-state index contributed by atoms with van der Waals surface area (Å²) in [5.74, 6) is 0.820. The molecule has 23 heavy (non-hydrogen) atoms. The number of Topliss-reactive ketones (excluding diaryl/α,β-unsaturated/α-hetero) is 2. The van der Waals surface area contributed by atoms with E-state index in [9.17, 15) is 14.4 Å².